The molecule has 0 bridgehead atoms. The number of methoxy groups -OCH3 is 1. The molecule has 0 atom stereocenters. The molecule has 0 radical (unpaired) electrons. The maximum Gasteiger partial charge on any atom is 0.336 e. The normalized spacial score (nSPS) is 11.0. The highest BCUT2D eigenvalue weighted by Crippen LogP contribution is 2.23. The summed E-state index contributed by atoms with van der Waals surface area (Å²) < 4.78 is 12.0. The van der Waals surface area contributed by atoms with Crippen LogP contribution in [0.2, 0.25) is 0 Å². The van der Waals surface area contributed by atoms with Crippen molar-refractivity contribution in [1.29, 1.82) is 0 Å². The fourth-order valence-corrected chi connectivity index (χ4v) is 2.65. The van der Waals surface area contributed by atoms with Crippen molar-refractivity contribution in [3.05, 3.63) is 45.2 Å². The molecule has 8 nitrogen and oxygen atoms in total. The molecule has 3 aromatic rings. The number of pyridine rings is 1. The molecule has 3 aromatic heterocycles. The van der Waals surface area contributed by atoms with Crippen LogP contribution in [0.4, 0.5) is 0 Å². The number of aromatic nitrogens is 3. The molecule has 124 valence electrons. The van der Waals surface area contributed by atoms with Gasteiger partial charge in [0.2, 0.25) is 0 Å². The number of nitrogens with one attached hydrogen (secondary N) is 1. The van der Waals surface area contributed by atoms with E-state index in [2.05, 4.69) is 9.97 Å². The molecule has 0 unspecified atom stereocenters. The van der Waals surface area contributed by atoms with Gasteiger partial charge < -0.3 is 18.8 Å². The number of fused-ring (bicyclic) bond motifs is 1. The molecule has 9 heteroatoms. The minimum absolute atomic E-state index is 0.0393. The zero-order chi connectivity index (χ0) is 17.3. The standard InChI is InChI=1S/C15H13N3O5S/c1-22-6-4-18-12-11(13(19)17-15(18)24)8(14(20)21)7-9(16-12)10-3-2-5-23-10/h2-3,5,7H,4,6H2,1H3,(H,20,21)(H,17,19,24). The van der Waals surface area contributed by atoms with Gasteiger partial charge in [0.25, 0.3) is 5.56 Å². The minimum atomic E-state index is -1.24. The topological polar surface area (TPSA) is 110 Å². The Hall–Kier alpha value is -2.78. The third-order valence-corrected chi connectivity index (χ3v) is 3.79. The lowest BCUT2D eigenvalue weighted by Crippen LogP contribution is -2.20. The summed E-state index contributed by atoms with van der Waals surface area (Å²) >= 11 is 5.17. The van der Waals surface area contributed by atoms with E-state index in [1.165, 1.54) is 24.0 Å². The maximum atomic E-state index is 12.3. The Morgan fingerprint density at radius 3 is 2.96 bits per heavy atom. The summed E-state index contributed by atoms with van der Waals surface area (Å²) in [6.45, 7) is 0.640. The first-order valence-electron chi connectivity index (χ1n) is 6.97. The number of nitrogens with zero attached hydrogens (tertiary/aromatic N) is 2. The zero-order valence-electron chi connectivity index (χ0n) is 12.6. The highest BCUT2D eigenvalue weighted by atomic mass is 32.1. The van der Waals surface area contributed by atoms with Crippen LogP contribution in [-0.4, -0.2) is 39.3 Å². The number of carboxylic acids is 1. The Bertz CT molecular complexity index is 1020. The highest BCUT2D eigenvalue weighted by molar-refractivity contribution is 7.71. The lowest BCUT2D eigenvalue weighted by Gasteiger charge is -2.12. The molecule has 0 amide bonds. The molecule has 2 N–H and O–H groups in total. The van der Waals surface area contributed by atoms with Gasteiger partial charge in [0.05, 0.1) is 30.4 Å². The highest BCUT2D eigenvalue weighted by Gasteiger charge is 2.19. The van der Waals surface area contributed by atoms with E-state index in [9.17, 15) is 14.7 Å². The molecular formula is C15H13N3O5S. The second-order valence-corrected chi connectivity index (χ2v) is 5.33. The predicted molar refractivity (Wildman–Crippen MR) is 87.7 cm³/mol. The number of hydrogen-bond acceptors (Lipinski definition) is 6. The van der Waals surface area contributed by atoms with Gasteiger partial charge in [-0.1, -0.05) is 0 Å². The number of aromatic carboxylic acids is 1. The van der Waals surface area contributed by atoms with Gasteiger partial charge in [0.1, 0.15) is 11.3 Å². The molecule has 24 heavy (non-hydrogen) atoms. The van der Waals surface area contributed by atoms with Gasteiger partial charge >= 0.3 is 5.97 Å². The van der Waals surface area contributed by atoms with Crippen molar-refractivity contribution in [3.8, 4) is 11.5 Å². The van der Waals surface area contributed by atoms with Crippen LogP contribution in [0.5, 0.6) is 0 Å². The number of aromatic amines is 1. The van der Waals surface area contributed by atoms with Gasteiger partial charge in [-0.15, -0.1) is 0 Å². The van der Waals surface area contributed by atoms with Crippen LogP contribution in [0, 0.1) is 4.77 Å². The number of H-pyrrole nitrogens is 1. The van der Waals surface area contributed by atoms with Crippen LogP contribution >= 0.6 is 12.2 Å². The van der Waals surface area contributed by atoms with Crippen molar-refractivity contribution in [2.24, 2.45) is 0 Å². The van der Waals surface area contributed by atoms with Gasteiger partial charge in [-0.3, -0.25) is 9.78 Å². The molecule has 0 aliphatic carbocycles. The van der Waals surface area contributed by atoms with Gasteiger partial charge in [-0.05, 0) is 30.4 Å². The van der Waals surface area contributed by atoms with Crippen molar-refractivity contribution in [3.63, 3.8) is 0 Å². The smallest absolute Gasteiger partial charge is 0.336 e. The predicted octanol–water partition coefficient (Wildman–Crippen LogP) is 2.06. The summed E-state index contributed by atoms with van der Waals surface area (Å²) in [6, 6.07) is 4.63. The summed E-state index contributed by atoms with van der Waals surface area (Å²) in [5.41, 5.74) is -0.295. The van der Waals surface area contributed by atoms with E-state index in [-0.39, 0.29) is 21.4 Å². The zero-order valence-corrected chi connectivity index (χ0v) is 13.4. The summed E-state index contributed by atoms with van der Waals surface area (Å²) in [5, 5.41) is 9.46. The van der Waals surface area contributed by atoms with Gasteiger partial charge in [-0.2, -0.15) is 0 Å². The van der Waals surface area contributed by atoms with Crippen LogP contribution in [0.25, 0.3) is 22.5 Å². The van der Waals surface area contributed by atoms with E-state index in [0.717, 1.165) is 0 Å². The van der Waals surface area contributed by atoms with Gasteiger partial charge in [0, 0.05) is 7.11 Å². The fourth-order valence-electron chi connectivity index (χ4n) is 2.38. The van der Waals surface area contributed by atoms with Gasteiger partial charge in [0.15, 0.2) is 10.5 Å². The number of carbonyl (C=O) groups is 1. The van der Waals surface area contributed by atoms with Crippen molar-refractivity contribution in [2.45, 2.75) is 6.54 Å². The second kappa shape index (κ2) is 6.38. The van der Waals surface area contributed by atoms with Crippen LogP contribution in [-0.2, 0) is 11.3 Å². The van der Waals surface area contributed by atoms with Crippen LogP contribution in [0.15, 0.2) is 33.7 Å². The average molecular weight is 347 g/mol. The molecule has 0 aliphatic heterocycles. The number of ether oxygens (including phenoxy) is 1. The van der Waals surface area contributed by atoms with Crippen LogP contribution < -0.4 is 5.56 Å². The van der Waals surface area contributed by atoms with Gasteiger partial charge in [-0.25, -0.2) is 9.78 Å². The lowest BCUT2D eigenvalue weighted by molar-refractivity contribution is 0.0699. The fraction of sp³-hybridized carbons (Fsp3) is 0.200. The monoisotopic (exact) mass is 347 g/mol. The summed E-state index contributed by atoms with van der Waals surface area (Å²) in [5.74, 6) is -0.847. The number of carboxylic acid groups (broad SMARTS) is 1. The maximum absolute atomic E-state index is 12.3. The Morgan fingerprint density at radius 2 is 2.33 bits per heavy atom. The molecule has 3 rings (SSSR count). The molecule has 0 fully saturated rings. The summed E-state index contributed by atoms with van der Waals surface area (Å²) in [4.78, 5) is 30.8. The van der Waals surface area contributed by atoms with E-state index in [1.54, 1.807) is 12.1 Å². The van der Waals surface area contributed by atoms with Crippen molar-refractivity contribution >= 4 is 29.2 Å². The Balaban J connectivity index is 2.42. The third-order valence-electron chi connectivity index (χ3n) is 3.47. The Morgan fingerprint density at radius 1 is 1.54 bits per heavy atom. The number of rotatable bonds is 5. The third kappa shape index (κ3) is 2.74. The average Bonchev–Trinajstić information content (AvgIpc) is 3.08. The molecular weight excluding hydrogens is 334 g/mol. The quantitative estimate of drug-likeness (QED) is 0.680. The molecule has 3 heterocycles. The van der Waals surface area contributed by atoms with E-state index in [4.69, 9.17) is 21.4 Å². The SMILES string of the molecule is COCCn1c(=S)[nH]c(=O)c2c(C(=O)O)cc(-c3ccco3)nc21. The molecule has 0 aliphatic rings. The second-order valence-electron chi connectivity index (χ2n) is 4.94. The number of hydrogen-bond donors (Lipinski definition) is 2. The molecule has 0 saturated carbocycles. The Labute approximate surface area is 140 Å². The first-order chi connectivity index (χ1) is 11.5. The molecule has 0 aromatic carbocycles. The molecule has 0 saturated heterocycles. The largest absolute Gasteiger partial charge is 0.478 e. The first kappa shape index (κ1) is 16.1. The number of furan rings is 1. The summed E-state index contributed by atoms with van der Waals surface area (Å²) in [7, 11) is 1.53. The Kier molecular flexibility index (Phi) is 4.28. The lowest BCUT2D eigenvalue weighted by atomic mass is 10.1. The van der Waals surface area contributed by atoms with Crippen LogP contribution in [0.1, 0.15) is 10.4 Å². The van der Waals surface area contributed by atoms with Crippen molar-refractivity contribution < 1.29 is 19.1 Å². The van der Waals surface area contributed by atoms with Crippen molar-refractivity contribution in [2.75, 3.05) is 13.7 Å². The van der Waals surface area contributed by atoms with E-state index in [0.29, 0.717) is 24.6 Å². The van der Waals surface area contributed by atoms with E-state index in [1.807, 2.05) is 0 Å². The molecule has 0 spiro atoms. The van der Waals surface area contributed by atoms with Crippen LogP contribution in [0.3, 0.4) is 0 Å². The minimum Gasteiger partial charge on any atom is -0.478 e. The first-order valence-corrected chi connectivity index (χ1v) is 7.37. The van der Waals surface area contributed by atoms with E-state index >= 15 is 0 Å². The van der Waals surface area contributed by atoms with E-state index < -0.39 is 11.5 Å². The van der Waals surface area contributed by atoms with Crippen molar-refractivity contribution in [1.82, 2.24) is 14.5 Å². The summed E-state index contributed by atoms with van der Waals surface area (Å²) in [6.07, 6.45) is 1.46.